The average molecular weight is 380 g/mol. The van der Waals surface area contributed by atoms with Crippen molar-refractivity contribution in [2.45, 2.75) is 5.60 Å². The molecule has 27 heavy (non-hydrogen) atoms. The van der Waals surface area contributed by atoms with Crippen LogP contribution in [-0.4, -0.2) is 12.2 Å². The van der Waals surface area contributed by atoms with Crippen LogP contribution in [0.25, 0.3) is 0 Å². The Morgan fingerprint density at radius 2 is 1.11 bits per heavy atom. The van der Waals surface area contributed by atoms with Gasteiger partial charge in [0.25, 0.3) is 0 Å². The maximum Gasteiger partial charge on any atom is 0.200 e. The SMILES string of the molecule is COc1ccc(C(O)(c2ccccc2)c2c(F)c(F)c(F)c(F)c2F)cc1. The molecule has 3 aromatic carbocycles. The molecule has 0 spiro atoms. The van der Waals surface area contributed by atoms with Gasteiger partial charge in [0.15, 0.2) is 23.3 Å². The second-order valence-electron chi connectivity index (χ2n) is 5.75. The van der Waals surface area contributed by atoms with E-state index in [9.17, 15) is 27.1 Å². The summed E-state index contributed by atoms with van der Waals surface area (Å²) in [5.74, 6) is -10.4. The van der Waals surface area contributed by atoms with Crippen LogP contribution in [0.5, 0.6) is 5.75 Å². The van der Waals surface area contributed by atoms with Gasteiger partial charge in [0.1, 0.15) is 11.4 Å². The normalized spacial score (nSPS) is 13.3. The maximum atomic E-state index is 14.5. The van der Waals surface area contributed by atoms with E-state index in [0.717, 1.165) is 0 Å². The second-order valence-corrected chi connectivity index (χ2v) is 5.75. The Kier molecular flexibility index (Phi) is 4.89. The van der Waals surface area contributed by atoms with Gasteiger partial charge >= 0.3 is 0 Å². The molecule has 3 aromatic rings. The summed E-state index contributed by atoms with van der Waals surface area (Å²) < 4.78 is 75.1. The lowest BCUT2D eigenvalue weighted by Gasteiger charge is -2.31. The van der Waals surface area contributed by atoms with Crippen LogP contribution in [0.1, 0.15) is 16.7 Å². The molecule has 1 atom stereocenters. The highest BCUT2D eigenvalue weighted by Gasteiger charge is 2.42. The second kappa shape index (κ2) is 7.00. The third kappa shape index (κ3) is 2.94. The van der Waals surface area contributed by atoms with Gasteiger partial charge in [0, 0.05) is 0 Å². The highest BCUT2D eigenvalue weighted by molar-refractivity contribution is 5.49. The van der Waals surface area contributed by atoms with E-state index in [2.05, 4.69) is 0 Å². The lowest BCUT2D eigenvalue weighted by atomic mass is 9.79. The first kappa shape index (κ1) is 18.8. The Bertz CT molecular complexity index is 945. The van der Waals surface area contributed by atoms with Crippen LogP contribution in [0.3, 0.4) is 0 Å². The smallest absolute Gasteiger partial charge is 0.200 e. The third-order valence-electron chi connectivity index (χ3n) is 4.27. The average Bonchev–Trinajstić information content (AvgIpc) is 2.71. The third-order valence-corrected chi connectivity index (χ3v) is 4.27. The number of hydrogen-bond acceptors (Lipinski definition) is 2. The molecular formula is C20H13F5O2. The zero-order valence-corrected chi connectivity index (χ0v) is 13.9. The van der Waals surface area contributed by atoms with Crippen molar-refractivity contribution in [1.82, 2.24) is 0 Å². The molecule has 0 amide bonds. The molecule has 0 aliphatic heterocycles. The quantitative estimate of drug-likeness (QED) is 0.308. The fraction of sp³-hybridized carbons (Fsp3) is 0.100. The van der Waals surface area contributed by atoms with Gasteiger partial charge in [-0.25, -0.2) is 22.0 Å². The number of methoxy groups -OCH3 is 1. The van der Waals surface area contributed by atoms with Crippen molar-refractivity contribution >= 4 is 0 Å². The van der Waals surface area contributed by atoms with E-state index in [0.29, 0.717) is 5.75 Å². The van der Waals surface area contributed by atoms with Crippen LogP contribution in [0.4, 0.5) is 22.0 Å². The number of rotatable bonds is 4. The van der Waals surface area contributed by atoms with Crippen molar-refractivity contribution in [3.8, 4) is 5.75 Å². The standard InChI is InChI=1S/C20H13F5O2/c1-27-13-9-7-12(8-10-13)20(26,11-5-3-2-4-6-11)14-15(21)17(23)19(25)18(24)16(14)22/h2-10,26H,1H3. The summed E-state index contributed by atoms with van der Waals surface area (Å²) in [6.45, 7) is 0. The Morgan fingerprint density at radius 1 is 0.667 bits per heavy atom. The molecule has 1 unspecified atom stereocenters. The lowest BCUT2D eigenvalue weighted by Crippen LogP contribution is -2.32. The number of ether oxygens (including phenoxy) is 1. The Balaban J connectivity index is 2.39. The van der Waals surface area contributed by atoms with E-state index in [1.807, 2.05) is 0 Å². The minimum absolute atomic E-state index is 0.0709. The minimum Gasteiger partial charge on any atom is -0.497 e. The number of benzene rings is 3. The van der Waals surface area contributed by atoms with E-state index in [-0.39, 0.29) is 11.1 Å². The largest absolute Gasteiger partial charge is 0.497 e. The van der Waals surface area contributed by atoms with E-state index < -0.39 is 40.3 Å². The van der Waals surface area contributed by atoms with E-state index in [1.165, 1.54) is 55.6 Å². The molecule has 0 saturated heterocycles. The number of hydrogen-bond donors (Lipinski definition) is 1. The van der Waals surface area contributed by atoms with Gasteiger partial charge in [-0.2, -0.15) is 0 Å². The van der Waals surface area contributed by atoms with Crippen molar-refractivity contribution in [3.63, 3.8) is 0 Å². The van der Waals surface area contributed by atoms with Crippen LogP contribution in [0.2, 0.25) is 0 Å². The summed E-state index contributed by atoms with van der Waals surface area (Å²) in [6.07, 6.45) is 0. The van der Waals surface area contributed by atoms with Gasteiger partial charge in [0.05, 0.1) is 12.7 Å². The van der Waals surface area contributed by atoms with Crippen LogP contribution in [-0.2, 0) is 5.60 Å². The fourth-order valence-corrected chi connectivity index (χ4v) is 2.89. The molecule has 0 heterocycles. The monoisotopic (exact) mass is 380 g/mol. The number of halogens is 5. The zero-order chi connectivity index (χ0) is 19.8. The molecule has 0 aromatic heterocycles. The van der Waals surface area contributed by atoms with Crippen molar-refractivity contribution < 1.29 is 31.8 Å². The number of aliphatic hydroxyl groups is 1. The highest BCUT2D eigenvalue weighted by Crippen LogP contribution is 2.41. The van der Waals surface area contributed by atoms with Gasteiger partial charge in [0.2, 0.25) is 5.82 Å². The molecule has 0 bridgehead atoms. The molecule has 0 aliphatic rings. The molecule has 7 heteroatoms. The maximum absolute atomic E-state index is 14.5. The van der Waals surface area contributed by atoms with Gasteiger partial charge in [-0.3, -0.25) is 0 Å². The van der Waals surface area contributed by atoms with Crippen molar-refractivity contribution in [1.29, 1.82) is 0 Å². The highest BCUT2D eigenvalue weighted by atomic mass is 19.2. The molecular weight excluding hydrogens is 367 g/mol. The van der Waals surface area contributed by atoms with Crippen LogP contribution in [0.15, 0.2) is 54.6 Å². The lowest BCUT2D eigenvalue weighted by molar-refractivity contribution is 0.113. The molecule has 3 rings (SSSR count). The van der Waals surface area contributed by atoms with Crippen molar-refractivity contribution in [2.75, 3.05) is 7.11 Å². The predicted molar refractivity (Wildman–Crippen MR) is 87.8 cm³/mol. The van der Waals surface area contributed by atoms with E-state index in [1.54, 1.807) is 6.07 Å². The summed E-state index contributed by atoms with van der Waals surface area (Å²) in [4.78, 5) is 0. The Morgan fingerprint density at radius 3 is 1.59 bits per heavy atom. The van der Waals surface area contributed by atoms with Gasteiger partial charge in [-0.05, 0) is 23.3 Å². The summed E-state index contributed by atoms with van der Waals surface area (Å²) >= 11 is 0. The predicted octanol–water partition coefficient (Wildman–Crippen LogP) is 4.67. The Labute approximate surface area is 151 Å². The first-order valence-electron chi connectivity index (χ1n) is 7.76. The van der Waals surface area contributed by atoms with Crippen molar-refractivity contribution in [2.24, 2.45) is 0 Å². The fourth-order valence-electron chi connectivity index (χ4n) is 2.89. The molecule has 0 radical (unpaired) electrons. The molecule has 0 aliphatic carbocycles. The molecule has 0 saturated carbocycles. The van der Waals surface area contributed by atoms with Crippen LogP contribution >= 0.6 is 0 Å². The molecule has 140 valence electrons. The summed E-state index contributed by atoms with van der Waals surface area (Å²) in [6, 6.07) is 12.5. The first-order valence-corrected chi connectivity index (χ1v) is 7.76. The zero-order valence-electron chi connectivity index (χ0n) is 13.9. The minimum atomic E-state index is -2.63. The van der Waals surface area contributed by atoms with E-state index >= 15 is 0 Å². The van der Waals surface area contributed by atoms with Gasteiger partial charge < -0.3 is 9.84 Å². The van der Waals surface area contributed by atoms with Gasteiger partial charge in [-0.1, -0.05) is 42.5 Å². The summed E-state index contributed by atoms with van der Waals surface area (Å²) in [7, 11) is 1.39. The van der Waals surface area contributed by atoms with E-state index in [4.69, 9.17) is 4.74 Å². The van der Waals surface area contributed by atoms with Crippen LogP contribution < -0.4 is 4.74 Å². The summed E-state index contributed by atoms with van der Waals surface area (Å²) in [5, 5.41) is 11.3. The topological polar surface area (TPSA) is 29.5 Å². The molecule has 1 N–H and O–H groups in total. The van der Waals surface area contributed by atoms with Gasteiger partial charge in [-0.15, -0.1) is 0 Å². The molecule has 0 fully saturated rings. The van der Waals surface area contributed by atoms with Crippen molar-refractivity contribution in [3.05, 3.63) is 100 Å². The summed E-state index contributed by atoms with van der Waals surface area (Å²) in [5.41, 5.74) is -4.15. The first-order chi connectivity index (χ1) is 12.8. The molecule has 2 nitrogen and oxygen atoms in total. The Hall–Kier alpha value is -2.93. The van der Waals surface area contributed by atoms with Crippen LogP contribution in [0, 0.1) is 29.1 Å².